The van der Waals surface area contributed by atoms with Crippen molar-refractivity contribution in [1.82, 2.24) is 0 Å². The summed E-state index contributed by atoms with van der Waals surface area (Å²) in [5.74, 6) is -1.56. The first-order chi connectivity index (χ1) is 14.6. The normalized spacial score (nSPS) is 12.5. The number of thiophene rings is 1. The molecular weight excluding hydrogens is 396 g/mol. The number of Topliss-reactive ketones (excluding diaryl/α,β-unsaturated/α-hetero) is 2. The fraction of sp³-hybridized carbons (Fsp3) is 0.167. The van der Waals surface area contributed by atoms with Crippen molar-refractivity contribution in [2.45, 2.75) is 25.7 Å². The summed E-state index contributed by atoms with van der Waals surface area (Å²) < 4.78 is 0. The fourth-order valence-corrected chi connectivity index (χ4v) is 4.81. The lowest BCUT2D eigenvalue weighted by Gasteiger charge is -2.09. The molecule has 0 saturated heterocycles. The lowest BCUT2D eigenvalue weighted by molar-refractivity contribution is 0.0817. The van der Waals surface area contributed by atoms with Crippen molar-refractivity contribution >= 4 is 33.8 Å². The van der Waals surface area contributed by atoms with Gasteiger partial charge in [-0.25, -0.2) is 0 Å². The third-order valence-electron chi connectivity index (χ3n) is 5.16. The van der Waals surface area contributed by atoms with Crippen molar-refractivity contribution in [3.63, 3.8) is 0 Å². The van der Waals surface area contributed by atoms with Gasteiger partial charge in [-0.05, 0) is 43.4 Å². The number of anilines is 1. The number of nitriles is 1. The zero-order valence-electron chi connectivity index (χ0n) is 16.1. The molecule has 0 radical (unpaired) electrons. The Labute approximate surface area is 178 Å². The maximum absolute atomic E-state index is 12.7. The number of hydrogen-bond acceptors (Lipinski definition) is 5. The molecule has 1 aliphatic carbocycles. The van der Waals surface area contributed by atoms with Gasteiger partial charge in [0.05, 0.1) is 5.56 Å². The van der Waals surface area contributed by atoms with E-state index in [0.29, 0.717) is 21.7 Å². The number of nitrogens with one attached hydrogen (secondary N) is 1. The van der Waals surface area contributed by atoms with Crippen LogP contribution in [0.3, 0.4) is 0 Å². The minimum Gasteiger partial charge on any atom is -0.312 e. The molecule has 0 saturated carbocycles. The highest BCUT2D eigenvalue weighted by molar-refractivity contribution is 7.16. The number of carbonyl (C=O) groups excluding carboxylic acids is 3. The van der Waals surface area contributed by atoms with Crippen LogP contribution in [-0.4, -0.2) is 17.5 Å². The molecule has 5 nitrogen and oxygen atoms in total. The van der Waals surface area contributed by atoms with Crippen molar-refractivity contribution < 1.29 is 14.4 Å². The van der Waals surface area contributed by atoms with Crippen LogP contribution in [0, 0.1) is 11.3 Å². The first-order valence-corrected chi connectivity index (χ1v) is 10.5. The molecule has 3 aromatic rings. The molecule has 1 aliphatic rings. The summed E-state index contributed by atoms with van der Waals surface area (Å²) in [4.78, 5) is 38.6. The van der Waals surface area contributed by atoms with Crippen LogP contribution in [0.15, 0.2) is 54.6 Å². The van der Waals surface area contributed by atoms with Gasteiger partial charge < -0.3 is 5.32 Å². The van der Waals surface area contributed by atoms with Gasteiger partial charge in [-0.1, -0.05) is 42.5 Å². The number of carbonyl (C=O) groups is 3. The number of benzene rings is 2. The van der Waals surface area contributed by atoms with E-state index in [0.717, 1.165) is 31.2 Å². The number of ketones is 2. The van der Waals surface area contributed by atoms with Gasteiger partial charge in [-0.2, -0.15) is 5.26 Å². The Bertz CT molecular complexity index is 1170. The van der Waals surface area contributed by atoms with E-state index in [1.165, 1.54) is 40.5 Å². The number of hydrogen-bond donors (Lipinski definition) is 1. The third-order valence-corrected chi connectivity index (χ3v) is 6.37. The summed E-state index contributed by atoms with van der Waals surface area (Å²) in [6.45, 7) is 0. The van der Waals surface area contributed by atoms with Crippen molar-refractivity contribution in [2.75, 3.05) is 5.32 Å². The van der Waals surface area contributed by atoms with Crippen molar-refractivity contribution in [3.05, 3.63) is 87.3 Å². The molecule has 0 unspecified atom stereocenters. The van der Waals surface area contributed by atoms with Gasteiger partial charge in [0.15, 0.2) is 0 Å². The predicted octanol–water partition coefficient (Wildman–Crippen LogP) is 4.82. The Morgan fingerprint density at radius 2 is 1.43 bits per heavy atom. The Hall–Kier alpha value is -3.56. The first kappa shape index (κ1) is 19.7. The van der Waals surface area contributed by atoms with Crippen LogP contribution in [-0.2, 0) is 12.8 Å². The molecule has 0 fully saturated rings. The van der Waals surface area contributed by atoms with E-state index in [-0.39, 0.29) is 11.5 Å². The fourth-order valence-electron chi connectivity index (χ4n) is 3.57. The lowest BCUT2D eigenvalue weighted by Crippen LogP contribution is -2.15. The highest BCUT2D eigenvalue weighted by Gasteiger charge is 2.23. The predicted molar refractivity (Wildman–Crippen MR) is 115 cm³/mol. The van der Waals surface area contributed by atoms with E-state index < -0.39 is 11.6 Å². The van der Waals surface area contributed by atoms with Crippen molar-refractivity contribution in [1.29, 1.82) is 5.26 Å². The topological polar surface area (TPSA) is 87.0 Å². The molecule has 1 amide bonds. The highest BCUT2D eigenvalue weighted by atomic mass is 32.1. The van der Waals surface area contributed by atoms with E-state index >= 15 is 0 Å². The largest absolute Gasteiger partial charge is 0.312 e. The Kier molecular flexibility index (Phi) is 5.55. The SMILES string of the molecule is N#Cc1c(NC(=O)c2ccc(C(=O)C(=O)c3ccccc3)cc2)sc2c1CCCC2. The zero-order valence-corrected chi connectivity index (χ0v) is 16.9. The Balaban J connectivity index is 1.50. The van der Waals surface area contributed by atoms with Crippen molar-refractivity contribution in [3.8, 4) is 6.07 Å². The summed E-state index contributed by atoms with van der Waals surface area (Å²) in [6, 6.07) is 16.6. The van der Waals surface area contributed by atoms with Crippen LogP contribution < -0.4 is 5.32 Å². The Morgan fingerprint density at radius 1 is 0.833 bits per heavy atom. The molecule has 6 heteroatoms. The summed E-state index contributed by atoms with van der Waals surface area (Å²) in [5, 5.41) is 12.9. The van der Waals surface area contributed by atoms with Gasteiger partial charge in [-0.3, -0.25) is 14.4 Å². The van der Waals surface area contributed by atoms with Gasteiger partial charge in [-0.15, -0.1) is 11.3 Å². The number of rotatable bonds is 5. The second-order valence-corrected chi connectivity index (χ2v) is 8.19. The number of amides is 1. The molecule has 148 valence electrons. The van der Waals surface area contributed by atoms with Crippen molar-refractivity contribution in [2.24, 2.45) is 0 Å². The summed E-state index contributed by atoms with van der Waals surface area (Å²) in [7, 11) is 0. The van der Waals surface area contributed by atoms with Gasteiger partial charge in [0.2, 0.25) is 11.6 Å². The lowest BCUT2D eigenvalue weighted by atomic mass is 9.96. The maximum Gasteiger partial charge on any atom is 0.256 e. The summed E-state index contributed by atoms with van der Waals surface area (Å²) >= 11 is 1.47. The van der Waals surface area contributed by atoms with Gasteiger partial charge in [0.1, 0.15) is 11.1 Å². The summed E-state index contributed by atoms with van der Waals surface area (Å²) in [5.41, 5.74) is 2.53. The van der Waals surface area contributed by atoms with Gasteiger partial charge >= 0.3 is 0 Å². The molecule has 0 spiro atoms. The molecule has 0 aliphatic heterocycles. The second-order valence-electron chi connectivity index (χ2n) is 7.08. The molecule has 4 rings (SSSR count). The van der Waals surface area contributed by atoms with Gasteiger partial charge in [0, 0.05) is 21.6 Å². The number of nitrogens with zero attached hydrogens (tertiary/aromatic N) is 1. The molecule has 2 aromatic carbocycles. The standard InChI is InChI=1S/C24H18N2O3S/c25-14-19-18-8-4-5-9-20(18)30-24(19)26-23(29)17-12-10-16(11-13-17)22(28)21(27)15-6-2-1-3-7-15/h1-3,6-7,10-13H,4-5,8-9H2,(H,26,29). The molecule has 1 heterocycles. The minimum absolute atomic E-state index is 0.227. The van der Waals surface area contributed by atoms with Crippen LogP contribution in [0.2, 0.25) is 0 Å². The van der Waals surface area contributed by atoms with Crippen LogP contribution in [0.1, 0.15) is 59.9 Å². The highest BCUT2D eigenvalue weighted by Crippen LogP contribution is 2.37. The molecule has 30 heavy (non-hydrogen) atoms. The number of fused-ring (bicyclic) bond motifs is 1. The van der Waals surface area contributed by atoms with E-state index in [2.05, 4.69) is 11.4 Å². The minimum atomic E-state index is -0.620. The van der Waals surface area contributed by atoms with E-state index in [4.69, 9.17) is 0 Å². The average Bonchev–Trinajstić information content (AvgIpc) is 3.15. The zero-order chi connectivity index (χ0) is 21.1. The quantitative estimate of drug-likeness (QED) is 0.479. The second kappa shape index (κ2) is 8.44. The molecule has 0 atom stereocenters. The smallest absolute Gasteiger partial charge is 0.256 e. The Morgan fingerprint density at radius 3 is 2.10 bits per heavy atom. The van der Waals surface area contributed by atoms with Crippen LogP contribution in [0.25, 0.3) is 0 Å². The van der Waals surface area contributed by atoms with Crippen LogP contribution >= 0.6 is 11.3 Å². The molecule has 1 N–H and O–H groups in total. The summed E-state index contributed by atoms with van der Waals surface area (Å²) in [6.07, 6.45) is 3.97. The monoisotopic (exact) mass is 414 g/mol. The van der Waals surface area contributed by atoms with E-state index in [1.54, 1.807) is 30.3 Å². The van der Waals surface area contributed by atoms with Gasteiger partial charge in [0.25, 0.3) is 5.91 Å². The average molecular weight is 414 g/mol. The molecular formula is C24H18N2O3S. The molecule has 1 aromatic heterocycles. The maximum atomic E-state index is 12.7. The van der Waals surface area contributed by atoms with E-state index in [1.807, 2.05) is 0 Å². The molecule has 0 bridgehead atoms. The first-order valence-electron chi connectivity index (χ1n) is 9.68. The van der Waals surface area contributed by atoms with Crippen LogP contribution in [0.4, 0.5) is 5.00 Å². The number of aryl methyl sites for hydroxylation is 1. The third kappa shape index (κ3) is 3.80. The van der Waals surface area contributed by atoms with E-state index in [9.17, 15) is 19.6 Å². The van der Waals surface area contributed by atoms with Crippen LogP contribution in [0.5, 0.6) is 0 Å².